The summed E-state index contributed by atoms with van der Waals surface area (Å²) in [5, 5.41) is -0.414. The first-order chi connectivity index (χ1) is 13.8. The van der Waals surface area contributed by atoms with Crippen LogP contribution in [0, 0.1) is 0 Å². The van der Waals surface area contributed by atoms with Gasteiger partial charge in [-0.3, -0.25) is 9.36 Å². The molecule has 150 valence electrons. The number of halogens is 4. The van der Waals surface area contributed by atoms with Crippen LogP contribution >= 0.6 is 11.6 Å². The lowest BCUT2D eigenvalue weighted by Gasteiger charge is -2.26. The standard InChI is InChI=1S/C20H16ClF3N4O/c1-12(29)27-10-8-15-16(11-27)28(17-7-2-3-9-25-17)19(26-15)13-5-4-6-14(18(13)21)20(22,23)24/h2-7,9H,8,10-11H2,1H3. The molecular formula is C20H16ClF3N4O. The van der Waals surface area contributed by atoms with Crippen LogP contribution in [0.25, 0.3) is 17.2 Å². The second-order valence-electron chi connectivity index (χ2n) is 6.71. The Bertz CT molecular complexity index is 1080. The third-order valence-electron chi connectivity index (χ3n) is 4.88. The molecule has 0 saturated heterocycles. The Morgan fingerprint density at radius 2 is 1.97 bits per heavy atom. The quantitative estimate of drug-likeness (QED) is 0.613. The maximum Gasteiger partial charge on any atom is 0.417 e. The van der Waals surface area contributed by atoms with Crippen molar-refractivity contribution in [2.24, 2.45) is 0 Å². The van der Waals surface area contributed by atoms with E-state index in [-0.39, 0.29) is 17.3 Å². The van der Waals surface area contributed by atoms with Crippen molar-refractivity contribution in [3.63, 3.8) is 0 Å². The van der Waals surface area contributed by atoms with E-state index in [1.54, 1.807) is 33.9 Å². The monoisotopic (exact) mass is 420 g/mol. The van der Waals surface area contributed by atoms with Crippen LogP contribution in [0.1, 0.15) is 23.9 Å². The van der Waals surface area contributed by atoms with E-state index in [0.29, 0.717) is 31.0 Å². The molecule has 3 aromatic rings. The zero-order chi connectivity index (χ0) is 20.8. The van der Waals surface area contributed by atoms with Crippen molar-refractivity contribution in [2.75, 3.05) is 6.54 Å². The number of pyridine rings is 1. The van der Waals surface area contributed by atoms with Crippen molar-refractivity contribution in [2.45, 2.75) is 26.1 Å². The van der Waals surface area contributed by atoms with E-state index >= 15 is 0 Å². The van der Waals surface area contributed by atoms with Crippen LogP contribution in [0.5, 0.6) is 0 Å². The van der Waals surface area contributed by atoms with Crippen LogP contribution in [0.2, 0.25) is 5.02 Å². The minimum absolute atomic E-state index is 0.0805. The number of aromatic nitrogens is 3. The molecule has 5 nitrogen and oxygen atoms in total. The number of hydrogen-bond donors (Lipinski definition) is 0. The number of rotatable bonds is 2. The number of alkyl halides is 3. The van der Waals surface area contributed by atoms with Crippen molar-refractivity contribution >= 4 is 17.5 Å². The molecule has 0 spiro atoms. The fraction of sp³-hybridized carbons (Fsp3) is 0.250. The first kappa shape index (κ1) is 19.4. The molecule has 1 aliphatic heterocycles. The first-order valence-corrected chi connectivity index (χ1v) is 9.28. The Labute approximate surface area is 169 Å². The van der Waals surface area contributed by atoms with Gasteiger partial charge in [-0.1, -0.05) is 23.7 Å². The Morgan fingerprint density at radius 1 is 1.17 bits per heavy atom. The van der Waals surface area contributed by atoms with E-state index in [1.807, 2.05) is 0 Å². The normalized spacial score (nSPS) is 14.0. The third-order valence-corrected chi connectivity index (χ3v) is 5.29. The molecule has 1 aromatic carbocycles. The van der Waals surface area contributed by atoms with E-state index in [0.717, 1.165) is 11.8 Å². The van der Waals surface area contributed by atoms with Gasteiger partial charge in [0.2, 0.25) is 5.91 Å². The van der Waals surface area contributed by atoms with Gasteiger partial charge in [-0.15, -0.1) is 0 Å². The minimum Gasteiger partial charge on any atom is -0.337 e. The van der Waals surface area contributed by atoms with Gasteiger partial charge in [-0.2, -0.15) is 13.2 Å². The van der Waals surface area contributed by atoms with Crippen molar-refractivity contribution < 1.29 is 18.0 Å². The molecule has 0 fully saturated rings. The highest BCUT2D eigenvalue weighted by Gasteiger charge is 2.35. The maximum absolute atomic E-state index is 13.4. The number of hydrogen-bond acceptors (Lipinski definition) is 3. The molecule has 29 heavy (non-hydrogen) atoms. The summed E-state index contributed by atoms with van der Waals surface area (Å²) in [6.45, 7) is 2.28. The van der Waals surface area contributed by atoms with Crippen LogP contribution in [0.3, 0.4) is 0 Å². The highest BCUT2D eigenvalue weighted by molar-refractivity contribution is 6.34. The number of nitrogens with zero attached hydrogens (tertiary/aromatic N) is 4. The molecule has 0 N–H and O–H groups in total. The molecular weight excluding hydrogens is 405 g/mol. The van der Waals surface area contributed by atoms with Crippen molar-refractivity contribution in [1.82, 2.24) is 19.4 Å². The van der Waals surface area contributed by atoms with E-state index in [2.05, 4.69) is 9.97 Å². The lowest BCUT2D eigenvalue weighted by molar-refractivity contribution is -0.137. The summed E-state index contributed by atoms with van der Waals surface area (Å²) in [6, 6.07) is 9.01. The van der Waals surface area contributed by atoms with Gasteiger partial charge in [0.25, 0.3) is 0 Å². The van der Waals surface area contributed by atoms with Gasteiger partial charge in [0, 0.05) is 31.6 Å². The summed E-state index contributed by atoms with van der Waals surface area (Å²) in [4.78, 5) is 22.5. The van der Waals surface area contributed by atoms with Crippen molar-refractivity contribution in [3.05, 3.63) is 64.6 Å². The second kappa shape index (κ2) is 7.18. The topological polar surface area (TPSA) is 51.0 Å². The maximum atomic E-state index is 13.4. The molecule has 4 rings (SSSR count). The zero-order valence-corrected chi connectivity index (χ0v) is 16.1. The van der Waals surface area contributed by atoms with Crippen LogP contribution in [-0.2, 0) is 23.9 Å². The molecule has 2 aromatic heterocycles. The van der Waals surface area contributed by atoms with Crippen molar-refractivity contribution in [3.8, 4) is 17.2 Å². The van der Waals surface area contributed by atoms with Gasteiger partial charge in [-0.25, -0.2) is 9.97 Å². The number of carbonyl (C=O) groups excluding carboxylic acids is 1. The van der Waals surface area contributed by atoms with Crippen molar-refractivity contribution in [1.29, 1.82) is 0 Å². The number of fused-ring (bicyclic) bond motifs is 1. The minimum atomic E-state index is -4.58. The zero-order valence-electron chi connectivity index (χ0n) is 15.4. The summed E-state index contributed by atoms with van der Waals surface area (Å²) >= 11 is 6.17. The molecule has 0 unspecified atom stereocenters. The third kappa shape index (κ3) is 3.48. The molecule has 1 aliphatic rings. The summed E-state index contributed by atoms with van der Waals surface area (Å²) in [5.41, 5.74) is 0.678. The largest absolute Gasteiger partial charge is 0.417 e. The highest BCUT2D eigenvalue weighted by Crippen LogP contribution is 2.40. The Morgan fingerprint density at radius 3 is 2.62 bits per heavy atom. The SMILES string of the molecule is CC(=O)N1CCc2nc(-c3cccc(C(F)(F)F)c3Cl)n(-c3ccccn3)c2C1. The molecule has 0 bridgehead atoms. The Kier molecular flexibility index (Phi) is 4.82. The van der Waals surface area contributed by atoms with Crippen LogP contribution in [-0.4, -0.2) is 31.9 Å². The van der Waals surface area contributed by atoms with Crippen LogP contribution < -0.4 is 0 Å². The average molecular weight is 421 g/mol. The lowest BCUT2D eigenvalue weighted by Crippen LogP contribution is -2.35. The van der Waals surface area contributed by atoms with Gasteiger partial charge in [0.15, 0.2) is 0 Å². The molecule has 1 amide bonds. The molecule has 0 radical (unpaired) electrons. The van der Waals surface area contributed by atoms with Crippen LogP contribution in [0.4, 0.5) is 13.2 Å². The van der Waals surface area contributed by atoms with Gasteiger partial charge in [0.05, 0.1) is 28.5 Å². The van der Waals surface area contributed by atoms with Gasteiger partial charge >= 0.3 is 6.18 Å². The fourth-order valence-electron chi connectivity index (χ4n) is 3.47. The van der Waals surface area contributed by atoms with E-state index < -0.39 is 16.8 Å². The summed E-state index contributed by atoms with van der Waals surface area (Å²) in [6.07, 6.45) is -2.50. The average Bonchev–Trinajstić information content (AvgIpc) is 3.06. The smallest absolute Gasteiger partial charge is 0.337 e. The van der Waals surface area contributed by atoms with Gasteiger partial charge in [0.1, 0.15) is 11.6 Å². The van der Waals surface area contributed by atoms with E-state index in [4.69, 9.17) is 11.6 Å². The summed E-state index contributed by atoms with van der Waals surface area (Å²) in [7, 11) is 0. The fourth-order valence-corrected chi connectivity index (χ4v) is 3.79. The highest BCUT2D eigenvalue weighted by atomic mass is 35.5. The molecule has 0 aliphatic carbocycles. The van der Waals surface area contributed by atoms with E-state index in [1.165, 1.54) is 19.1 Å². The second-order valence-corrected chi connectivity index (χ2v) is 7.09. The number of carbonyl (C=O) groups is 1. The Hall–Kier alpha value is -2.87. The number of benzene rings is 1. The molecule has 0 saturated carbocycles. The van der Waals surface area contributed by atoms with E-state index in [9.17, 15) is 18.0 Å². The number of amides is 1. The molecule has 0 atom stereocenters. The predicted octanol–water partition coefficient (Wildman–Crippen LogP) is 4.51. The summed E-state index contributed by atoms with van der Waals surface area (Å²) < 4.78 is 41.8. The predicted molar refractivity (Wildman–Crippen MR) is 102 cm³/mol. The Balaban J connectivity index is 1.96. The van der Waals surface area contributed by atoms with Gasteiger partial charge in [-0.05, 0) is 24.3 Å². The first-order valence-electron chi connectivity index (χ1n) is 8.91. The lowest BCUT2D eigenvalue weighted by atomic mass is 10.1. The van der Waals surface area contributed by atoms with Gasteiger partial charge < -0.3 is 4.90 Å². The number of imidazole rings is 1. The summed E-state index contributed by atoms with van der Waals surface area (Å²) in [5.74, 6) is 0.688. The van der Waals surface area contributed by atoms with Crippen LogP contribution in [0.15, 0.2) is 42.6 Å². The molecule has 3 heterocycles. The molecule has 9 heteroatoms.